The summed E-state index contributed by atoms with van der Waals surface area (Å²) < 4.78 is 9.13. The molecule has 110 valence electrons. The fourth-order valence-electron chi connectivity index (χ4n) is 2.86. The normalized spacial score (nSPS) is 11.4. The predicted molar refractivity (Wildman–Crippen MR) is 80.4 cm³/mol. The van der Waals surface area contributed by atoms with Gasteiger partial charge in [-0.2, -0.15) is 4.40 Å². The zero-order valence-electron chi connectivity index (χ0n) is 12.6. The predicted octanol–water partition coefficient (Wildman–Crippen LogP) is 2.60. The number of nitrogens with one attached hydrogen (secondary N) is 1. The Morgan fingerprint density at radius 2 is 2.14 bits per heavy atom. The third-order valence-electron chi connectivity index (χ3n) is 3.87. The van der Waals surface area contributed by atoms with E-state index in [1.807, 2.05) is 29.5 Å². The first-order chi connectivity index (χ1) is 10.2. The molecule has 1 N–H and O–H groups in total. The Balaban J connectivity index is 2.37. The molecule has 0 bridgehead atoms. The van der Waals surface area contributed by atoms with Crippen molar-refractivity contribution in [1.82, 2.24) is 9.38 Å². The summed E-state index contributed by atoms with van der Waals surface area (Å²) in [6, 6.07) is 8.13. The molecule has 2 heterocycles. The van der Waals surface area contributed by atoms with Gasteiger partial charge < -0.3 is 4.74 Å². The summed E-state index contributed by atoms with van der Waals surface area (Å²) >= 11 is 0. The second-order valence-electron chi connectivity index (χ2n) is 5.24. The first-order valence-corrected chi connectivity index (χ1v) is 7.29. The topological polar surface area (TPSA) is 50.4 Å². The lowest BCUT2D eigenvalue weighted by atomic mass is 10.3. The van der Waals surface area contributed by atoms with Crippen LogP contribution in [0.1, 0.15) is 35.9 Å². The van der Waals surface area contributed by atoms with E-state index in [4.69, 9.17) is 4.74 Å². The number of carbonyl (C=O) groups excluding carboxylic acids is 1. The van der Waals surface area contributed by atoms with Gasteiger partial charge in [-0.1, -0.05) is 25.5 Å². The van der Waals surface area contributed by atoms with Gasteiger partial charge in [0, 0.05) is 0 Å². The van der Waals surface area contributed by atoms with E-state index in [1.54, 1.807) is 0 Å². The lowest BCUT2D eigenvalue weighted by Crippen LogP contribution is -2.33. The summed E-state index contributed by atoms with van der Waals surface area (Å²) in [6.45, 7) is 5.00. The number of fused-ring (bicyclic) bond motifs is 3. The Morgan fingerprint density at radius 1 is 1.38 bits per heavy atom. The molecular weight excluding hydrogens is 266 g/mol. The number of rotatable bonds is 4. The van der Waals surface area contributed by atoms with Crippen molar-refractivity contribution < 1.29 is 14.1 Å². The van der Waals surface area contributed by atoms with Gasteiger partial charge >= 0.3 is 11.7 Å². The Bertz CT molecular complexity index is 814. The molecule has 5 nitrogen and oxygen atoms in total. The summed E-state index contributed by atoms with van der Waals surface area (Å²) in [5, 5.41) is 0. The van der Waals surface area contributed by atoms with E-state index < -0.39 is 0 Å². The van der Waals surface area contributed by atoms with Crippen LogP contribution < -0.4 is 4.57 Å². The number of hydrogen-bond acceptors (Lipinski definition) is 2. The zero-order chi connectivity index (χ0) is 15.0. The number of methoxy groups -OCH3 is 1. The molecule has 0 aliphatic heterocycles. The number of aromatic amines is 1. The Labute approximate surface area is 123 Å². The molecule has 0 aliphatic carbocycles. The summed E-state index contributed by atoms with van der Waals surface area (Å²) in [6.07, 6.45) is 2.22. The molecule has 0 fully saturated rings. The summed E-state index contributed by atoms with van der Waals surface area (Å²) in [7, 11) is 1.41. The molecule has 0 saturated heterocycles. The fraction of sp³-hybridized carbons (Fsp3) is 0.375. The largest absolute Gasteiger partial charge is 0.463 e. The fourth-order valence-corrected chi connectivity index (χ4v) is 2.86. The van der Waals surface area contributed by atoms with Crippen molar-refractivity contribution in [3.05, 3.63) is 35.7 Å². The van der Waals surface area contributed by atoms with Crippen molar-refractivity contribution in [3.63, 3.8) is 0 Å². The lowest BCUT2D eigenvalue weighted by Gasteiger charge is -1.97. The number of aryl methyl sites for hydroxylation is 2. The van der Waals surface area contributed by atoms with Crippen molar-refractivity contribution in [2.75, 3.05) is 7.11 Å². The van der Waals surface area contributed by atoms with Gasteiger partial charge in [-0.3, -0.25) is 0 Å². The van der Waals surface area contributed by atoms with Crippen molar-refractivity contribution >= 4 is 22.8 Å². The molecule has 0 atom stereocenters. The Morgan fingerprint density at radius 3 is 2.86 bits per heavy atom. The average Bonchev–Trinajstić information content (AvgIpc) is 2.98. The van der Waals surface area contributed by atoms with Gasteiger partial charge in [0.15, 0.2) is 0 Å². The Hall–Kier alpha value is -2.30. The number of hydrogen-bond donors (Lipinski definition) is 1. The molecule has 0 radical (unpaired) electrons. The maximum Gasteiger partial charge on any atom is 0.374 e. The van der Waals surface area contributed by atoms with E-state index in [0.29, 0.717) is 5.69 Å². The number of nitrogens with zero attached hydrogens (tertiary/aromatic N) is 2. The van der Waals surface area contributed by atoms with Gasteiger partial charge in [0.25, 0.3) is 0 Å². The van der Waals surface area contributed by atoms with E-state index >= 15 is 0 Å². The molecule has 0 amide bonds. The molecular formula is C16H20N3O2+. The molecule has 21 heavy (non-hydrogen) atoms. The summed E-state index contributed by atoms with van der Waals surface area (Å²) in [5.41, 5.74) is 3.54. The number of para-hydroxylation sites is 2. The highest BCUT2D eigenvalue weighted by Crippen LogP contribution is 2.20. The van der Waals surface area contributed by atoms with Crippen LogP contribution in [-0.4, -0.2) is 22.5 Å². The van der Waals surface area contributed by atoms with Crippen LogP contribution in [0.5, 0.6) is 0 Å². The molecule has 5 heteroatoms. The van der Waals surface area contributed by atoms with Gasteiger partial charge in [0.2, 0.25) is 5.69 Å². The van der Waals surface area contributed by atoms with E-state index in [9.17, 15) is 4.79 Å². The first-order valence-electron chi connectivity index (χ1n) is 7.29. The van der Waals surface area contributed by atoms with Crippen molar-refractivity contribution in [2.45, 2.75) is 33.2 Å². The number of esters is 1. The molecule has 1 aromatic carbocycles. The van der Waals surface area contributed by atoms with E-state index in [2.05, 4.69) is 22.5 Å². The van der Waals surface area contributed by atoms with Crippen molar-refractivity contribution in [2.24, 2.45) is 0 Å². The standard InChI is InChI=1S/C16H19N3O2/c1-4-5-10-18-12-8-6-7-9-13(12)19-14(15(20)21-3)11(2)17-16(18)19/h6-9H,4-5,10H2,1-3H3/p+1. The molecule has 0 aliphatic rings. The van der Waals surface area contributed by atoms with Crippen LogP contribution in [0.2, 0.25) is 0 Å². The average molecular weight is 286 g/mol. The number of unbranched alkanes of at least 4 members (excludes halogenated alkanes) is 1. The quantitative estimate of drug-likeness (QED) is 0.592. The number of aromatic nitrogens is 3. The van der Waals surface area contributed by atoms with Gasteiger partial charge in [-0.15, -0.1) is 0 Å². The highest BCUT2D eigenvalue weighted by molar-refractivity contribution is 5.92. The summed E-state index contributed by atoms with van der Waals surface area (Å²) in [4.78, 5) is 15.4. The number of imidazole rings is 2. The van der Waals surface area contributed by atoms with Crippen LogP contribution in [0, 0.1) is 6.92 Å². The third kappa shape index (κ3) is 2.00. The monoisotopic (exact) mass is 286 g/mol. The SMILES string of the molecule is CCCC[n+]1c2ccccc2n2c(C(=O)OC)c(C)[nH]c21. The molecule has 0 spiro atoms. The van der Waals surface area contributed by atoms with Gasteiger partial charge in [0.1, 0.15) is 16.7 Å². The molecule has 0 saturated carbocycles. The molecule has 3 aromatic rings. The van der Waals surface area contributed by atoms with E-state index in [1.165, 1.54) is 7.11 Å². The van der Waals surface area contributed by atoms with Crippen LogP contribution in [0.15, 0.2) is 24.3 Å². The van der Waals surface area contributed by atoms with Gasteiger partial charge in [0.05, 0.1) is 13.7 Å². The molecule has 2 aromatic heterocycles. The highest BCUT2D eigenvalue weighted by atomic mass is 16.5. The van der Waals surface area contributed by atoms with Crippen molar-refractivity contribution in [1.29, 1.82) is 0 Å². The Kier molecular flexibility index (Phi) is 3.41. The summed E-state index contributed by atoms with van der Waals surface area (Å²) in [5.74, 6) is 0.615. The minimum Gasteiger partial charge on any atom is -0.463 e. The van der Waals surface area contributed by atoms with Gasteiger partial charge in [-0.05, 0) is 25.5 Å². The number of benzene rings is 1. The smallest absolute Gasteiger partial charge is 0.374 e. The number of H-pyrrole nitrogens is 1. The van der Waals surface area contributed by atoms with Crippen LogP contribution in [0.3, 0.4) is 0 Å². The first kappa shape index (κ1) is 13.7. The minimum absolute atomic E-state index is 0.317. The van der Waals surface area contributed by atoms with E-state index in [0.717, 1.165) is 41.9 Å². The molecule has 3 rings (SSSR count). The van der Waals surface area contributed by atoms with Crippen molar-refractivity contribution in [3.8, 4) is 0 Å². The lowest BCUT2D eigenvalue weighted by molar-refractivity contribution is -0.648. The van der Waals surface area contributed by atoms with Crippen LogP contribution in [0.4, 0.5) is 0 Å². The third-order valence-corrected chi connectivity index (χ3v) is 3.87. The van der Waals surface area contributed by atoms with Crippen LogP contribution in [0.25, 0.3) is 16.8 Å². The minimum atomic E-state index is -0.317. The molecule has 0 unspecified atom stereocenters. The second kappa shape index (κ2) is 5.24. The number of ether oxygens (including phenoxy) is 1. The maximum atomic E-state index is 12.1. The maximum absolute atomic E-state index is 12.1. The zero-order valence-corrected chi connectivity index (χ0v) is 12.6. The highest BCUT2D eigenvalue weighted by Gasteiger charge is 2.28. The van der Waals surface area contributed by atoms with Crippen LogP contribution >= 0.6 is 0 Å². The number of carbonyl (C=O) groups is 1. The van der Waals surface area contributed by atoms with E-state index in [-0.39, 0.29) is 5.97 Å². The second-order valence-corrected chi connectivity index (χ2v) is 5.24. The van der Waals surface area contributed by atoms with Crippen LogP contribution in [-0.2, 0) is 11.3 Å². The van der Waals surface area contributed by atoms with Gasteiger partial charge in [-0.25, -0.2) is 14.3 Å².